The maximum Gasteiger partial charge on any atom is 0.281 e. The van der Waals surface area contributed by atoms with Crippen LogP contribution in [0.2, 0.25) is 0 Å². The Labute approximate surface area is 124 Å². The number of rotatable bonds is 3. The van der Waals surface area contributed by atoms with Crippen molar-refractivity contribution in [2.45, 2.75) is 58.3 Å². The molecule has 2 aliphatic rings. The van der Waals surface area contributed by atoms with Crippen LogP contribution in [0.4, 0.5) is 0 Å². The van der Waals surface area contributed by atoms with Gasteiger partial charge in [0.25, 0.3) is 5.91 Å². The zero-order chi connectivity index (χ0) is 13.9. The molecule has 0 aliphatic heterocycles. The van der Waals surface area contributed by atoms with E-state index in [1.807, 2.05) is 0 Å². The highest BCUT2D eigenvalue weighted by molar-refractivity contribution is 7.14. The Balaban J connectivity index is 1.67. The third-order valence-corrected chi connectivity index (χ3v) is 5.72. The first-order chi connectivity index (χ1) is 9.76. The topological polar surface area (TPSA) is 41.5 Å². The van der Waals surface area contributed by atoms with Crippen molar-refractivity contribution in [1.82, 2.24) is 5.43 Å². The molecule has 1 atom stereocenters. The average Bonchev–Trinajstić information content (AvgIpc) is 3.12. The molecule has 0 saturated heterocycles. The van der Waals surface area contributed by atoms with Gasteiger partial charge in [0.2, 0.25) is 0 Å². The van der Waals surface area contributed by atoms with Gasteiger partial charge in [-0.05, 0) is 62.5 Å². The predicted molar refractivity (Wildman–Crippen MR) is 83.5 cm³/mol. The third kappa shape index (κ3) is 2.95. The molecule has 0 spiro atoms. The monoisotopic (exact) mass is 290 g/mol. The second kappa shape index (κ2) is 6.08. The molecule has 1 aromatic heterocycles. The zero-order valence-corrected chi connectivity index (χ0v) is 12.9. The molecule has 3 nitrogen and oxygen atoms in total. The van der Waals surface area contributed by atoms with Crippen molar-refractivity contribution >= 4 is 23.0 Å². The Hall–Kier alpha value is -1.16. The van der Waals surface area contributed by atoms with E-state index < -0.39 is 0 Å². The molecule has 1 heterocycles. The Morgan fingerprint density at radius 3 is 2.95 bits per heavy atom. The van der Waals surface area contributed by atoms with Crippen molar-refractivity contribution in [3.8, 4) is 0 Å². The lowest BCUT2D eigenvalue weighted by molar-refractivity contribution is 0.0958. The second-order valence-electron chi connectivity index (χ2n) is 5.90. The summed E-state index contributed by atoms with van der Waals surface area (Å²) in [6.45, 7) is 2.26. The lowest BCUT2D eigenvalue weighted by atomic mass is 9.87. The number of carbonyl (C=O) groups is 1. The van der Waals surface area contributed by atoms with Crippen molar-refractivity contribution in [3.05, 3.63) is 21.4 Å². The Morgan fingerprint density at radius 1 is 1.40 bits per heavy atom. The lowest BCUT2D eigenvalue weighted by Crippen LogP contribution is -2.17. The SMILES string of the molecule is CCC1CCc2sc(C(=O)NN=C3CCCC3)cc2C1. The van der Waals surface area contributed by atoms with Gasteiger partial charge in [-0.15, -0.1) is 11.3 Å². The van der Waals surface area contributed by atoms with Crippen LogP contribution in [0.15, 0.2) is 11.2 Å². The number of amides is 1. The number of aryl methyl sites for hydroxylation is 1. The standard InChI is InChI=1S/C16H22N2OS/c1-2-11-7-8-14-12(9-11)10-15(20-14)16(19)18-17-13-5-3-4-6-13/h10-11H,2-9H2,1H3,(H,18,19). The summed E-state index contributed by atoms with van der Waals surface area (Å²) in [5.74, 6) is 0.767. The maximum atomic E-state index is 12.2. The van der Waals surface area contributed by atoms with E-state index in [0.29, 0.717) is 0 Å². The molecule has 1 unspecified atom stereocenters. The predicted octanol–water partition coefficient (Wildman–Crippen LogP) is 3.92. The highest BCUT2D eigenvalue weighted by Gasteiger charge is 2.22. The van der Waals surface area contributed by atoms with Crippen LogP contribution in [0.3, 0.4) is 0 Å². The minimum absolute atomic E-state index is 0.0307. The van der Waals surface area contributed by atoms with E-state index in [4.69, 9.17) is 0 Å². The summed E-state index contributed by atoms with van der Waals surface area (Å²) in [7, 11) is 0. The zero-order valence-electron chi connectivity index (χ0n) is 12.1. The number of hydrogen-bond acceptors (Lipinski definition) is 3. The number of carbonyl (C=O) groups excluding carboxylic acids is 1. The second-order valence-corrected chi connectivity index (χ2v) is 7.04. The molecule has 1 amide bonds. The quantitative estimate of drug-likeness (QED) is 0.842. The van der Waals surface area contributed by atoms with Crippen LogP contribution < -0.4 is 5.43 Å². The highest BCUT2D eigenvalue weighted by atomic mass is 32.1. The number of nitrogens with zero attached hydrogens (tertiary/aromatic N) is 1. The smallest absolute Gasteiger partial charge is 0.266 e. The fourth-order valence-corrected chi connectivity index (χ4v) is 4.24. The van der Waals surface area contributed by atoms with Crippen LogP contribution in [0, 0.1) is 5.92 Å². The molecule has 1 N–H and O–H groups in total. The molecule has 0 bridgehead atoms. The molecule has 2 aliphatic carbocycles. The fourth-order valence-electron chi connectivity index (χ4n) is 3.14. The maximum absolute atomic E-state index is 12.2. The summed E-state index contributed by atoms with van der Waals surface area (Å²) in [6, 6.07) is 2.09. The molecular weight excluding hydrogens is 268 g/mol. The van der Waals surface area contributed by atoms with Gasteiger partial charge in [0.15, 0.2) is 0 Å². The van der Waals surface area contributed by atoms with Gasteiger partial charge in [0.1, 0.15) is 0 Å². The molecule has 0 radical (unpaired) electrons. The molecule has 1 saturated carbocycles. The normalized spacial score (nSPS) is 21.6. The minimum atomic E-state index is -0.0307. The summed E-state index contributed by atoms with van der Waals surface area (Å²) >= 11 is 1.66. The fraction of sp³-hybridized carbons (Fsp3) is 0.625. The molecule has 3 rings (SSSR count). The number of fused-ring (bicyclic) bond motifs is 1. The summed E-state index contributed by atoms with van der Waals surface area (Å²) in [5, 5.41) is 4.26. The average molecular weight is 290 g/mol. The molecule has 20 heavy (non-hydrogen) atoms. The molecule has 0 aromatic carbocycles. The Bertz CT molecular complexity index is 525. The van der Waals surface area contributed by atoms with Crippen molar-refractivity contribution < 1.29 is 4.79 Å². The van der Waals surface area contributed by atoms with E-state index in [2.05, 4.69) is 23.5 Å². The first-order valence-corrected chi connectivity index (χ1v) is 8.55. The first-order valence-electron chi connectivity index (χ1n) is 7.73. The van der Waals surface area contributed by atoms with Crippen molar-refractivity contribution in [1.29, 1.82) is 0 Å². The Morgan fingerprint density at radius 2 is 2.20 bits per heavy atom. The van der Waals surface area contributed by atoms with E-state index in [-0.39, 0.29) is 5.91 Å². The first kappa shape index (κ1) is 13.8. The van der Waals surface area contributed by atoms with E-state index in [9.17, 15) is 4.79 Å². The van der Waals surface area contributed by atoms with Gasteiger partial charge < -0.3 is 0 Å². The Kier molecular flexibility index (Phi) is 4.20. The molecule has 108 valence electrons. The summed E-state index contributed by atoms with van der Waals surface area (Å²) in [6.07, 6.45) is 9.29. The van der Waals surface area contributed by atoms with Crippen LogP contribution in [0.25, 0.3) is 0 Å². The van der Waals surface area contributed by atoms with Gasteiger partial charge in [-0.3, -0.25) is 4.79 Å². The molecular formula is C16H22N2OS. The van der Waals surface area contributed by atoms with Crippen LogP contribution in [0.5, 0.6) is 0 Å². The van der Waals surface area contributed by atoms with Gasteiger partial charge in [-0.2, -0.15) is 5.10 Å². The number of hydrogen-bond donors (Lipinski definition) is 1. The van der Waals surface area contributed by atoms with Gasteiger partial charge in [-0.25, -0.2) is 5.43 Å². The van der Waals surface area contributed by atoms with Gasteiger partial charge in [-0.1, -0.05) is 13.3 Å². The molecule has 4 heteroatoms. The van der Waals surface area contributed by atoms with Crippen LogP contribution in [-0.2, 0) is 12.8 Å². The van der Waals surface area contributed by atoms with Crippen LogP contribution in [0.1, 0.15) is 65.6 Å². The summed E-state index contributed by atoms with van der Waals surface area (Å²) < 4.78 is 0. The number of nitrogens with one attached hydrogen (secondary N) is 1. The van der Waals surface area contributed by atoms with E-state index in [0.717, 1.165) is 42.2 Å². The van der Waals surface area contributed by atoms with Crippen LogP contribution in [-0.4, -0.2) is 11.6 Å². The summed E-state index contributed by atoms with van der Waals surface area (Å²) in [4.78, 5) is 14.4. The number of hydrazone groups is 1. The van der Waals surface area contributed by atoms with E-state index in [1.165, 1.54) is 36.1 Å². The van der Waals surface area contributed by atoms with Crippen molar-refractivity contribution in [2.24, 2.45) is 11.0 Å². The minimum Gasteiger partial charge on any atom is -0.266 e. The summed E-state index contributed by atoms with van der Waals surface area (Å²) in [5.41, 5.74) is 5.27. The third-order valence-electron chi connectivity index (χ3n) is 4.48. The van der Waals surface area contributed by atoms with Gasteiger partial charge >= 0.3 is 0 Å². The highest BCUT2D eigenvalue weighted by Crippen LogP contribution is 2.33. The largest absolute Gasteiger partial charge is 0.281 e. The number of thiophene rings is 1. The van der Waals surface area contributed by atoms with Gasteiger partial charge in [0.05, 0.1) is 4.88 Å². The van der Waals surface area contributed by atoms with Gasteiger partial charge in [0, 0.05) is 10.6 Å². The van der Waals surface area contributed by atoms with E-state index >= 15 is 0 Å². The van der Waals surface area contributed by atoms with Crippen molar-refractivity contribution in [3.63, 3.8) is 0 Å². The molecule has 1 fully saturated rings. The lowest BCUT2D eigenvalue weighted by Gasteiger charge is -2.19. The van der Waals surface area contributed by atoms with Crippen molar-refractivity contribution in [2.75, 3.05) is 0 Å². The van der Waals surface area contributed by atoms with E-state index in [1.54, 1.807) is 11.3 Å². The molecule has 1 aromatic rings. The van der Waals surface area contributed by atoms with Crippen LogP contribution >= 0.6 is 11.3 Å².